The van der Waals surface area contributed by atoms with Crippen molar-refractivity contribution >= 4 is 17.3 Å². The molecular weight excluding hydrogens is 461 g/mol. The predicted molar refractivity (Wildman–Crippen MR) is 111 cm³/mol. The van der Waals surface area contributed by atoms with Gasteiger partial charge in [0.15, 0.2) is 0 Å². The Bertz CT molecular complexity index is 1290. The molecule has 5 rings (SSSR count). The molecule has 2 unspecified atom stereocenters. The van der Waals surface area contributed by atoms with Gasteiger partial charge in [0.2, 0.25) is 11.8 Å². The summed E-state index contributed by atoms with van der Waals surface area (Å²) >= 11 is 1.07. The highest BCUT2D eigenvalue weighted by Gasteiger charge is 2.66. The number of benzene rings is 1. The lowest BCUT2D eigenvalue weighted by atomic mass is 9.78. The van der Waals surface area contributed by atoms with E-state index in [1.165, 1.54) is 25.3 Å². The van der Waals surface area contributed by atoms with Gasteiger partial charge in [0.05, 0.1) is 22.4 Å². The van der Waals surface area contributed by atoms with Gasteiger partial charge in [-0.25, -0.2) is 4.98 Å². The average molecular weight is 480 g/mol. The summed E-state index contributed by atoms with van der Waals surface area (Å²) in [7, 11) is 0. The zero-order valence-electron chi connectivity index (χ0n) is 17.7. The fourth-order valence-corrected chi connectivity index (χ4v) is 5.73. The Labute approximate surface area is 190 Å². The summed E-state index contributed by atoms with van der Waals surface area (Å²) in [5.41, 5.74) is -3.03. The van der Waals surface area contributed by atoms with E-state index < -0.39 is 46.8 Å². The number of alkyl halides is 3. The maximum Gasteiger partial charge on any atom is 0.417 e. The Balaban J connectivity index is 1.69. The smallest absolute Gasteiger partial charge is 0.417 e. The van der Waals surface area contributed by atoms with Crippen LogP contribution in [0.4, 0.5) is 13.2 Å². The molecule has 0 saturated carbocycles. The number of carbonyl (C=O) groups excluding carboxylic acids is 1. The Morgan fingerprint density at radius 2 is 1.97 bits per heavy atom. The molecule has 174 valence electrons. The number of ether oxygens (including phenoxy) is 2. The lowest BCUT2D eigenvalue weighted by Gasteiger charge is -2.28. The van der Waals surface area contributed by atoms with Crippen molar-refractivity contribution in [2.75, 3.05) is 0 Å². The van der Waals surface area contributed by atoms with Crippen molar-refractivity contribution in [3.8, 4) is 28.0 Å². The molecule has 1 aromatic carbocycles. The Kier molecular flexibility index (Phi) is 4.44. The van der Waals surface area contributed by atoms with Crippen LogP contribution in [-0.4, -0.2) is 31.8 Å². The maximum atomic E-state index is 13.9. The number of nitrogens with zero attached hydrogens (tertiary/aromatic N) is 2. The van der Waals surface area contributed by atoms with Crippen LogP contribution in [0, 0.1) is 0 Å². The molecule has 2 aliphatic rings. The topological polar surface area (TPSA) is 93.8 Å². The van der Waals surface area contributed by atoms with E-state index in [1.807, 2.05) is 0 Å². The Hall–Kier alpha value is -3.05. The molecule has 2 N–H and O–H groups in total. The van der Waals surface area contributed by atoms with Gasteiger partial charge in [-0.3, -0.25) is 9.36 Å². The fraction of sp³-hybridized carbons (Fsp3) is 0.364. The van der Waals surface area contributed by atoms with Crippen LogP contribution in [0.3, 0.4) is 0 Å². The van der Waals surface area contributed by atoms with Gasteiger partial charge in [0, 0.05) is 30.5 Å². The minimum Gasteiger partial charge on any atom is -0.494 e. The second kappa shape index (κ2) is 6.73. The Morgan fingerprint density at radius 1 is 1.27 bits per heavy atom. The molecule has 0 spiro atoms. The zero-order valence-corrected chi connectivity index (χ0v) is 18.5. The number of thiazole rings is 1. The molecule has 1 fully saturated rings. The average Bonchev–Trinajstić information content (AvgIpc) is 3.42. The van der Waals surface area contributed by atoms with Crippen molar-refractivity contribution in [1.82, 2.24) is 9.55 Å². The van der Waals surface area contributed by atoms with Gasteiger partial charge in [0.25, 0.3) is 0 Å². The number of aromatic hydroxyl groups is 2. The van der Waals surface area contributed by atoms with E-state index in [9.17, 15) is 28.2 Å². The van der Waals surface area contributed by atoms with E-state index in [-0.39, 0.29) is 33.8 Å². The first kappa shape index (κ1) is 21.8. The summed E-state index contributed by atoms with van der Waals surface area (Å²) in [6.07, 6.45) is -3.78. The highest BCUT2D eigenvalue weighted by molar-refractivity contribution is 7.13. The SMILES string of the molecule is CC(=O)O[C@H]1CC2(C)OC1(C)c1c2c(O)n(-c2ccc(-c3nccs3)c(C(F)(F)F)c2)c1O. The second-order valence-electron chi connectivity index (χ2n) is 8.54. The van der Waals surface area contributed by atoms with E-state index in [1.54, 1.807) is 19.2 Å². The molecule has 0 aliphatic carbocycles. The molecule has 0 radical (unpaired) electrons. The minimum atomic E-state index is -4.70. The molecule has 7 nitrogen and oxygen atoms in total. The highest BCUT2D eigenvalue weighted by atomic mass is 32.1. The number of aromatic nitrogens is 2. The van der Waals surface area contributed by atoms with Crippen LogP contribution in [0.1, 0.15) is 43.9 Å². The van der Waals surface area contributed by atoms with Gasteiger partial charge in [-0.05, 0) is 32.0 Å². The lowest BCUT2D eigenvalue weighted by Crippen LogP contribution is -2.36. The van der Waals surface area contributed by atoms with Crippen LogP contribution in [0.15, 0.2) is 29.8 Å². The molecule has 0 amide bonds. The number of halogens is 3. The molecule has 3 aromatic rings. The van der Waals surface area contributed by atoms with Crippen molar-refractivity contribution in [1.29, 1.82) is 0 Å². The molecule has 3 atom stereocenters. The number of hydrogen-bond donors (Lipinski definition) is 2. The summed E-state index contributed by atoms with van der Waals surface area (Å²) in [5.74, 6) is -1.43. The van der Waals surface area contributed by atoms with Crippen molar-refractivity contribution in [2.45, 2.75) is 50.7 Å². The van der Waals surface area contributed by atoms with E-state index >= 15 is 0 Å². The maximum absolute atomic E-state index is 13.9. The van der Waals surface area contributed by atoms with Gasteiger partial charge >= 0.3 is 12.1 Å². The molecule has 4 heterocycles. The third-order valence-electron chi connectivity index (χ3n) is 6.31. The van der Waals surface area contributed by atoms with Gasteiger partial charge in [-0.1, -0.05) is 0 Å². The number of esters is 1. The standard InChI is InChI=1S/C22H19F3N2O5S/c1-10(28)31-14-9-20(2)15-16(21(14,3)32-20)19(30)27(18(15)29)11-4-5-12(17-26-6-7-33-17)13(8-11)22(23,24)25/h4-8,14,29-30H,9H2,1-3H3/t14-,20?,21?/m0/s1. The molecule has 2 bridgehead atoms. The monoisotopic (exact) mass is 480 g/mol. The molecular formula is C22H19F3N2O5S. The largest absolute Gasteiger partial charge is 0.494 e. The van der Waals surface area contributed by atoms with Crippen molar-refractivity contribution in [3.05, 3.63) is 46.5 Å². The van der Waals surface area contributed by atoms with Crippen LogP contribution in [0.5, 0.6) is 11.8 Å². The number of fused-ring (bicyclic) bond motifs is 5. The van der Waals surface area contributed by atoms with Crippen LogP contribution in [-0.2, 0) is 31.6 Å². The minimum absolute atomic E-state index is 0.0809. The first-order valence-electron chi connectivity index (χ1n) is 10.0. The van der Waals surface area contributed by atoms with Crippen LogP contribution in [0.25, 0.3) is 16.3 Å². The van der Waals surface area contributed by atoms with E-state index in [0.29, 0.717) is 0 Å². The fourth-order valence-electron chi connectivity index (χ4n) is 5.06. The third-order valence-corrected chi connectivity index (χ3v) is 7.12. The van der Waals surface area contributed by atoms with Crippen LogP contribution < -0.4 is 0 Å². The van der Waals surface area contributed by atoms with Crippen molar-refractivity contribution in [2.24, 2.45) is 0 Å². The van der Waals surface area contributed by atoms with Gasteiger partial charge in [-0.15, -0.1) is 11.3 Å². The van der Waals surface area contributed by atoms with Crippen molar-refractivity contribution < 1.29 is 37.7 Å². The third kappa shape index (κ3) is 2.98. The highest BCUT2D eigenvalue weighted by Crippen LogP contribution is 2.65. The molecule has 2 aliphatic heterocycles. The Morgan fingerprint density at radius 3 is 2.58 bits per heavy atom. The first-order chi connectivity index (χ1) is 15.4. The van der Waals surface area contributed by atoms with Crippen LogP contribution in [0.2, 0.25) is 0 Å². The van der Waals surface area contributed by atoms with E-state index in [2.05, 4.69) is 4.98 Å². The summed E-state index contributed by atoms with van der Waals surface area (Å²) in [6.45, 7) is 4.55. The zero-order chi connectivity index (χ0) is 23.9. The lowest BCUT2D eigenvalue weighted by molar-refractivity contribution is -0.157. The second-order valence-corrected chi connectivity index (χ2v) is 9.43. The predicted octanol–water partition coefficient (Wildman–Crippen LogP) is 4.83. The molecule has 1 saturated heterocycles. The molecule has 33 heavy (non-hydrogen) atoms. The summed E-state index contributed by atoms with van der Waals surface area (Å²) in [6, 6.07) is 3.50. The number of rotatable bonds is 3. The first-order valence-corrected chi connectivity index (χ1v) is 10.9. The number of carbonyl (C=O) groups is 1. The van der Waals surface area contributed by atoms with E-state index in [4.69, 9.17) is 9.47 Å². The summed E-state index contributed by atoms with van der Waals surface area (Å²) < 4.78 is 54.1. The molecule has 11 heteroatoms. The molecule has 2 aromatic heterocycles. The van der Waals surface area contributed by atoms with Crippen molar-refractivity contribution in [3.63, 3.8) is 0 Å². The summed E-state index contributed by atoms with van der Waals surface area (Å²) in [5, 5.41) is 23.9. The van der Waals surface area contributed by atoms with Crippen LogP contribution >= 0.6 is 11.3 Å². The van der Waals surface area contributed by atoms with Gasteiger partial charge < -0.3 is 19.7 Å². The van der Waals surface area contributed by atoms with Gasteiger partial charge in [-0.2, -0.15) is 13.2 Å². The quantitative estimate of drug-likeness (QED) is 0.522. The van der Waals surface area contributed by atoms with E-state index in [0.717, 1.165) is 22.0 Å². The van der Waals surface area contributed by atoms with Gasteiger partial charge in [0.1, 0.15) is 22.3 Å². The normalized spacial score (nSPS) is 25.9. The number of hydrogen-bond acceptors (Lipinski definition) is 7. The summed E-state index contributed by atoms with van der Waals surface area (Å²) in [4.78, 5) is 15.5.